The van der Waals surface area contributed by atoms with E-state index < -0.39 is 12.3 Å². The highest BCUT2D eigenvalue weighted by atomic mass is 16.6. The Labute approximate surface area is 75.4 Å². The van der Waals surface area contributed by atoms with Gasteiger partial charge in [0.05, 0.1) is 5.56 Å². The van der Waals surface area contributed by atoms with Crippen LogP contribution in [0, 0.1) is 0 Å². The van der Waals surface area contributed by atoms with E-state index in [4.69, 9.17) is 5.11 Å². The lowest BCUT2D eigenvalue weighted by atomic mass is 10.1. The summed E-state index contributed by atoms with van der Waals surface area (Å²) >= 11 is 0. The Morgan fingerprint density at radius 2 is 2.23 bits per heavy atom. The second kappa shape index (κ2) is 4.02. The minimum absolute atomic E-state index is 0.133. The lowest BCUT2D eigenvalue weighted by Crippen LogP contribution is -2.02. The van der Waals surface area contributed by atoms with Crippen molar-refractivity contribution in [3.8, 4) is 0 Å². The molecule has 13 heavy (non-hydrogen) atoms. The van der Waals surface area contributed by atoms with Crippen LogP contribution in [0.25, 0.3) is 0 Å². The summed E-state index contributed by atoms with van der Waals surface area (Å²) in [6.45, 7) is 0. The first-order valence-electron chi connectivity index (χ1n) is 3.69. The number of rotatable bonds is 3. The molecule has 0 aromatic heterocycles. The third-order valence-electron chi connectivity index (χ3n) is 1.64. The van der Waals surface area contributed by atoms with Gasteiger partial charge in [-0.2, -0.15) is 0 Å². The van der Waals surface area contributed by atoms with Crippen molar-refractivity contribution >= 4 is 5.97 Å². The van der Waals surface area contributed by atoms with E-state index in [0.29, 0.717) is 5.56 Å². The predicted octanol–water partition coefficient (Wildman–Crippen LogP) is 1.02. The second-order valence-corrected chi connectivity index (χ2v) is 2.52. The highest BCUT2D eigenvalue weighted by Crippen LogP contribution is 2.14. The highest BCUT2D eigenvalue weighted by molar-refractivity contribution is 5.87. The van der Waals surface area contributed by atoms with Gasteiger partial charge >= 0.3 is 5.97 Å². The Balaban J connectivity index is 2.98. The standard InChI is InChI=1S/C9H10O4/c1-13-9(12)7-4-2-3-6(5-7)8(10)11/h2-5,9,12H,1H3,(H,10,11). The number of hydrogen-bond donors (Lipinski definition) is 2. The molecule has 4 nitrogen and oxygen atoms in total. The van der Waals surface area contributed by atoms with E-state index in [1.54, 1.807) is 12.1 Å². The molecule has 0 radical (unpaired) electrons. The number of carboxylic acids is 1. The molecule has 0 aliphatic carbocycles. The van der Waals surface area contributed by atoms with Crippen LogP contribution in [-0.4, -0.2) is 23.3 Å². The van der Waals surface area contributed by atoms with Crippen LogP contribution in [0.15, 0.2) is 24.3 Å². The number of aromatic carboxylic acids is 1. The molecule has 1 rings (SSSR count). The second-order valence-electron chi connectivity index (χ2n) is 2.52. The Kier molecular flexibility index (Phi) is 3.00. The molecular weight excluding hydrogens is 172 g/mol. The van der Waals surface area contributed by atoms with Gasteiger partial charge in [-0.3, -0.25) is 0 Å². The minimum atomic E-state index is -1.07. The van der Waals surface area contributed by atoms with Crippen molar-refractivity contribution in [3.05, 3.63) is 35.4 Å². The number of ether oxygens (including phenoxy) is 1. The van der Waals surface area contributed by atoms with Crippen LogP contribution in [0.3, 0.4) is 0 Å². The highest BCUT2D eigenvalue weighted by Gasteiger charge is 2.08. The summed E-state index contributed by atoms with van der Waals surface area (Å²) in [5.41, 5.74) is 0.566. The van der Waals surface area contributed by atoms with Crippen LogP contribution in [0.4, 0.5) is 0 Å². The molecule has 4 heteroatoms. The molecule has 1 aromatic rings. The number of methoxy groups -OCH3 is 1. The number of hydrogen-bond acceptors (Lipinski definition) is 3. The van der Waals surface area contributed by atoms with Gasteiger partial charge in [0.25, 0.3) is 0 Å². The van der Waals surface area contributed by atoms with Crippen molar-refractivity contribution in [1.82, 2.24) is 0 Å². The molecule has 70 valence electrons. The number of carboxylic acid groups (broad SMARTS) is 1. The SMILES string of the molecule is COC(O)c1cccc(C(=O)O)c1. The fraction of sp³-hybridized carbons (Fsp3) is 0.222. The van der Waals surface area contributed by atoms with E-state index in [1.165, 1.54) is 19.2 Å². The Bertz CT molecular complexity index is 308. The number of carbonyl (C=O) groups is 1. The van der Waals surface area contributed by atoms with Crippen LogP contribution in [0.1, 0.15) is 22.2 Å². The molecule has 0 amide bonds. The Morgan fingerprint density at radius 1 is 1.54 bits per heavy atom. The van der Waals surface area contributed by atoms with Crippen LogP contribution < -0.4 is 0 Å². The quantitative estimate of drug-likeness (QED) is 0.685. The molecule has 0 fully saturated rings. The van der Waals surface area contributed by atoms with Gasteiger partial charge in [0, 0.05) is 12.7 Å². The maximum Gasteiger partial charge on any atom is 0.335 e. The molecule has 0 spiro atoms. The minimum Gasteiger partial charge on any atom is -0.478 e. The molecule has 0 aliphatic rings. The summed E-state index contributed by atoms with van der Waals surface area (Å²) in [5, 5.41) is 17.9. The topological polar surface area (TPSA) is 66.8 Å². The van der Waals surface area contributed by atoms with E-state index >= 15 is 0 Å². The van der Waals surface area contributed by atoms with Crippen molar-refractivity contribution < 1.29 is 19.7 Å². The number of benzene rings is 1. The first kappa shape index (κ1) is 9.70. The zero-order valence-electron chi connectivity index (χ0n) is 7.10. The van der Waals surface area contributed by atoms with Gasteiger partial charge < -0.3 is 14.9 Å². The first-order valence-corrected chi connectivity index (χ1v) is 3.69. The van der Waals surface area contributed by atoms with Gasteiger partial charge in [-0.15, -0.1) is 0 Å². The summed E-state index contributed by atoms with van der Waals surface area (Å²) in [4.78, 5) is 10.5. The van der Waals surface area contributed by atoms with Crippen LogP contribution in [-0.2, 0) is 4.74 Å². The summed E-state index contributed by atoms with van der Waals surface area (Å²) in [7, 11) is 1.35. The smallest absolute Gasteiger partial charge is 0.335 e. The monoisotopic (exact) mass is 182 g/mol. The summed E-state index contributed by atoms with van der Waals surface area (Å²) in [5.74, 6) is -1.02. The zero-order valence-corrected chi connectivity index (χ0v) is 7.10. The Morgan fingerprint density at radius 3 is 2.77 bits per heavy atom. The average Bonchev–Trinajstić information content (AvgIpc) is 2.17. The zero-order chi connectivity index (χ0) is 9.84. The van der Waals surface area contributed by atoms with Gasteiger partial charge in [-0.1, -0.05) is 12.1 Å². The first-order chi connectivity index (χ1) is 6.15. The molecule has 0 aliphatic heterocycles. The largest absolute Gasteiger partial charge is 0.478 e. The van der Waals surface area contributed by atoms with Crippen molar-refractivity contribution in [3.63, 3.8) is 0 Å². The van der Waals surface area contributed by atoms with E-state index in [9.17, 15) is 9.90 Å². The van der Waals surface area contributed by atoms with Gasteiger partial charge in [-0.05, 0) is 12.1 Å². The fourth-order valence-electron chi connectivity index (χ4n) is 0.961. The van der Waals surface area contributed by atoms with Crippen LogP contribution >= 0.6 is 0 Å². The molecule has 0 saturated carbocycles. The number of aliphatic hydroxyl groups excluding tert-OH is 1. The van der Waals surface area contributed by atoms with Crippen molar-refractivity contribution in [1.29, 1.82) is 0 Å². The molecule has 0 bridgehead atoms. The van der Waals surface area contributed by atoms with Crippen LogP contribution in [0.5, 0.6) is 0 Å². The average molecular weight is 182 g/mol. The third-order valence-corrected chi connectivity index (χ3v) is 1.64. The third kappa shape index (κ3) is 2.27. The molecular formula is C9H10O4. The van der Waals surface area contributed by atoms with Gasteiger partial charge in [0.1, 0.15) is 0 Å². The fourth-order valence-corrected chi connectivity index (χ4v) is 0.961. The van der Waals surface area contributed by atoms with Gasteiger partial charge in [0.2, 0.25) is 0 Å². The predicted molar refractivity (Wildman–Crippen MR) is 45.4 cm³/mol. The Hall–Kier alpha value is -1.39. The molecule has 1 atom stereocenters. The van der Waals surface area contributed by atoms with Gasteiger partial charge in [0.15, 0.2) is 6.29 Å². The van der Waals surface area contributed by atoms with Crippen molar-refractivity contribution in [2.45, 2.75) is 6.29 Å². The summed E-state index contributed by atoms with van der Waals surface area (Å²) in [6, 6.07) is 5.98. The van der Waals surface area contributed by atoms with E-state index in [-0.39, 0.29) is 5.56 Å². The van der Waals surface area contributed by atoms with Gasteiger partial charge in [-0.25, -0.2) is 4.79 Å². The molecule has 1 unspecified atom stereocenters. The molecule has 0 heterocycles. The molecule has 1 aromatic carbocycles. The maximum absolute atomic E-state index is 10.5. The maximum atomic E-state index is 10.5. The van der Waals surface area contributed by atoms with E-state index in [0.717, 1.165) is 0 Å². The molecule has 2 N–H and O–H groups in total. The summed E-state index contributed by atoms with van der Waals surface area (Å²) in [6.07, 6.45) is -1.07. The molecule has 0 saturated heterocycles. The van der Waals surface area contributed by atoms with Crippen molar-refractivity contribution in [2.75, 3.05) is 7.11 Å². The lowest BCUT2D eigenvalue weighted by Gasteiger charge is -2.08. The van der Waals surface area contributed by atoms with E-state index in [2.05, 4.69) is 4.74 Å². The number of aliphatic hydroxyl groups is 1. The summed E-state index contributed by atoms with van der Waals surface area (Å²) < 4.78 is 4.63. The van der Waals surface area contributed by atoms with Crippen molar-refractivity contribution in [2.24, 2.45) is 0 Å². The van der Waals surface area contributed by atoms with Crippen LogP contribution in [0.2, 0.25) is 0 Å². The lowest BCUT2D eigenvalue weighted by molar-refractivity contribution is -0.0769. The normalized spacial score (nSPS) is 12.5. The van der Waals surface area contributed by atoms with E-state index in [1.807, 2.05) is 0 Å².